The number of carboxylic acid groups (broad SMARTS) is 1. The van der Waals surface area contributed by atoms with Crippen molar-refractivity contribution in [3.05, 3.63) is 83.9 Å². The molecule has 0 bridgehead atoms. The van der Waals surface area contributed by atoms with Gasteiger partial charge >= 0.3 is 5.97 Å². The molecule has 0 spiro atoms. The van der Waals surface area contributed by atoms with Crippen molar-refractivity contribution in [2.24, 2.45) is 5.92 Å². The lowest BCUT2D eigenvalue weighted by Crippen LogP contribution is -2.21. The van der Waals surface area contributed by atoms with E-state index in [0.717, 1.165) is 5.56 Å². The third kappa shape index (κ3) is 5.05. The van der Waals surface area contributed by atoms with Crippen molar-refractivity contribution >= 4 is 5.97 Å². The zero-order chi connectivity index (χ0) is 17.4. The molecule has 0 radical (unpaired) electrons. The number of rotatable bonds is 9. The molecule has 0 aliphatic heterocycles. The molecule has 0 unspecified atom stereocenters. The summed E-state index contributed by atoms with van der Waals surface area (Å²) in [7, 11) is 0. The molecule has 0 aliphatic carbocycles. The largest absolute Gasteiger partial charge is 0.478 e. The van der Waals surface area contributed by atoms with Crippen molar-refractivity contribution < 1.29 is 19.7 Å². The van der Waals surface area contributed by atoms with Crippen LogP contribution in [0.25, 0.3) is 0 Å². The van der Waals surface area contributed by atoms with Crippen LogP contribution in [-0.2, 0) is 16.1 Å². The van der Waals surface area contributed by atoms with E-state index in [2.05, 4.69) is 6.58 Å². The number of hydrogen-bond donors (Lipinski definition) is 2. The molecule has 0 heterocycles. The summed E-state index contributed by atoms with van der Waals surface area (Å²) < 4.78 is 5.62. The summed E-state index contributed by atoms with van der Waals surface area (Å²) in [4.78, 5) is 11.3. The lowest BCUT2D eigenvalue weighted by Gasteiger charge is -2.23. The fourth-order valence-electron chi connectivity index (χ4n) is 2.54. The van der Waals surface area contributed by atoms with E-state index in [1.165, 1.54) is 0 Å². The number of carboxylic acids is 1. The molecule has 24 heavy (non-hydrogen) atoms. The Hall–Kier alpha value is -2.43. The Morgan fingerprint density at radius 2 is 1.62 bits per heavy atom. The second kappa shape index (κ2) is 9.01. The lowest BCUT2D eigenvalue weighted by atomic mass is 9.87. The van der Waals surface area contributed by atoms with E-state index >= 15 is 0 Å². The smallest absolute Gasteiger partial charge is 0.331 e. The molecule has 4 nitrogen and oxygen atoms in total. The van der Waals surface area contributed by atoms with Gasteiger partial charge in [-0.25, -0.2) is 4.79 Å². The molecule has 0 aliphatic rings. The minimum atomic E-state index is -1.10. The third-order valence-corrected chi connectivity index (χ3v) is 3.93. The Morgan fingerprint density at radius 3 is 2.21 bits per heavy atom. The predicted octanol–water partition coefficient (Wildman–Crippen LogP) is 3.58. The van der Waals surface area contributed by atoms with Gasteiger partial charge in [0.05, 0.1) is 12.7 Å². The number of carbonyl (C=O) groups is 1. The highest BCUT2D eigenvalue weighted by Crippen LogP contribution is 2.30. The third-order valence-electron chi connectivity index (χ3n) is 3.93. The quantitative estimate of drug-likeness (QED) is 0.546. The first-order chi connectivity index (χ1) is 11.6. The van der Waals surface area contributed by atoms with Crippen molar-refractivity contribution in [1.29, 1.82) is 0 Å². The van der Waals surface area contributed by atoms with E-state index in [4.69, 9.17) is 4.74 Å². The lowest BCUT2D eigenvalue weighted by molar-refractivity contribution is -0.133. The van der Waals surface area contributed by atoms with E-state index in [-0.39, 0.29) is 5.57 Å². The number of aliphatic hydroxyl groups is 1. The summed E-state index contributed by atoms with van der Waals surface area (Å²) in [6, 6.07) is 18.8. The second-order valence-electron chi connectivity index (χ2n) is 5.62. The van der Waals surface area contributed by atoms with Crippen LogP contribution in [0.3, 0.4) is 0 Å². The molecule has 126 valence electrons. The van der Waals surface area contributed by atoms with Crippen LogP contribution in [0.1, 0.15) is 23.7 Å². The minimum absolute atomic E-state index is 0.00494. The number of hydrogen-bond acceptors (Lipinski definition) is 3. The summed E-state index contributed by atoms with van der Waals surface area (Å²) in [5.41, 5.74) is 1.72. The van der Waals surface area contributed by atoms with E-state index in [1.807, 2.05) is 48.5 Å². The fourth-order valence-corrected chi connectivity index (χ4v) is 2.54. The highest BCUT2D eigenvalue weighted by Gasteiger charge is 2.27. The van der Waals surface area contributed by atoms with Gasteiger partial charge in [-0.1, -0.05) is 67.2 Å². The summed E-state index contributed by atoms with van der Waals surface area (Å²) in [5, 5.41) is 19.8. The number of benzene rings is 2. The number of aliphatic hydroxyl groups excluding tert-OH is 1. The maximum absolute atomic E-state index is 11.3. The molecule has 0 amide bonds. The van der Waals surface area contributed by atoms with Gasteiger partial charge in [-0.2, -0.15) is 0 Å². The summed E-state index contributed by atoms with van der Waals surface area (Å²) in [5.74, 6) is -1.70. The molecule has 2 N–H and O–H groups in total. The predicted molar refractivity (Wildman–Crippen MR) is 92.4 cm³/mol. The summed E-state index contributed by atoms with van der Waals surface area (Å²) >= 11 is 0. The average Bonchev–Trinajstić information content (AvgIpc) is 2.62. The van der Waals surface area contributed by atoms with Crippen molar-refractivity contribution in [1.82, 2.24) is 0 Å². The monoisotopic (exact) mass is 326 g/mol. The molecule has 4 heteroatoms. The topological polar surface area (TPSA) is 66.8 Å². The van der Waals surface area contributed by atoms with Gasteiger partial charge in [-0.05, 0) is 17.5 Å². The maximum atomic E-state index is 11.3. The van der Waals surface area contributed by atoms with Gasteiger partial charge in [0, 0.05) is 18.1 Å². The van der Waals surface area contributed by atoms with E-state index in [9.17, 15) is 15.0 Å². The van der Waals surface area contributed by atoms with Gasteiger partial charge in [-0.3, -0.25) is 0 Å². The van der Waals surface area contributed by atoms with Gasteiger partial charge in [-0.15, -0.1) is 0 Å². The first kappa shape index (κ1) is 17.9. The SMILES string of the molecule is C=C(C(=O)O)[C@@H](CCOCc1ccccc1)[C@H](O)c1ccccc1. The van der Waals surface area contributed by atoms with Gasteiger partial charge in [0.2, 0.25) is 0 Å². The maximum Gasteiger partial charge on any atom is 0.331 e. The van der Waals surface area contributed by atoms with Gasteiger partial charge in [0.15, 0.2) is 0 Å². The van der Waals surface area contributed by atoms with Gasteiger partial charge < -0.3 is 14.9 Å². The zero-order valence-corrected chi connectivity index (χ0v) is 13.5. The molecule has 2 aromatic rings. The van der Waals surface area contributed by atoms with Crippen molar-refractivity contribution in [2.45, 2.75) is 19.1 Å². The van der Waals surface area contributed by atoms with Crippen LogP contribution in [0.5, 0.6) is 0 Å². The van der Waals surface area contributed by atoms with E-state index in [1.54, 1.807) is 12.1 Å². The Morgan fingerprint density at radius 1 is 1.04 bits per heavy atom. The van der Waals surface area contributed by atoms with Gasteiger partial charge in [0.25, 0.3) is 0 Å². The molecule has 2 atom stereocenters. The Balaban J connectivity index is 1.96. The standard InChI is InChI=1S/C20H22O4/c1-15(20(22)23)18(19(21)17-10-6-3-7-11-17)12-13-24-14-16-8-4-2-5-9-16/h2-11,18-19,21H,1,12-14H2,(H,22,23)/t18-,19-/m1/s1. The molecule has 2 rings (SSSR count). The normalized spacial score (nSPS) is 13.2. The Bertz CT molecular complexity index is 652. The van der Waals surface area contributed by atoms with Crippen LogP contribution >= 0.6 is 0 Å². The van der Waals surface area contributed by atoms with Crippen LogP contribution in [0.4, 0.5) is 0 Å². The Kier molecular flexibility index (Phi) is 6.73. The fraction of sp³-hybridized carbons (Fsp3) is 0.250. The molecular formula is C20H22O4. The van der Waals surface area contributed by atoms with E-state index < -0.39 is 18.0 Å². The van der Waals surface area contributed by atoms with Crippen molar-refractivity contribution in [2.75, 3.05) is 6.61 Å². The molecule has 0 saturated carbocycles. The number of aliphatic carboxylic acids is 1. The van der Waals surface area contributed by atoms with Gasteiger partial charge in [0.1, 0.15) is 0 Å². The summed E-state index contributed by atoms with van der Waals surface area (Å²) in [6.45, 7) is 4.42. The average molecular weight is 326 g/mol. The molecule has 0 fully saturated rings. The van der Waals surface area contributed by atoms with Crippen LogP contribution in [-0.4, -0.2) is 22.8 Å². The van der Waals surface area contributed by atoms with Crippen LogP contribution in [0.2, 0.25) is 0 Å². The number of ether oxygens (including phenoxy) is 1. The molecule has 2 aromatic carbocycles. The van der Waals surface area contributed by atoms with Crippen LogP contribution in [0, 0.1) is 5.92 Å². The van der Waals surface area contributed by atoms with Crippen LogP contribution in [0.15, 0.2) is 72.8 Å². The highest BCUT2D eigenvalue weighted by molar-refractivity contribution is 5.86. The van der Waals surface area contributed by atoms with Crippen molar-refractivity contribution in [3.8, 4) is 0 Å². The first-order valence-electron chi connectivity index (χ1n) is 7.86. The summed E-state index contributed by atoms with van der Waals surface area (Å²) in [6.07, 6.45) is -0.538. The zero-order valence-electron chi connectivity index (χ0n) is 13.5. The second-order valence-corrected chi connectivity index (χ2v) is 5.62. The molecular weight excluding hydrogens is 304 g/mol. The van der Waals surface area contributed by atoms with Crippen LogP contribution < -0.4 is 0 Å². The van der Waals surface area contributed by atoms with E-state index in [0.29, 0.717) is 25.2 Å². The van der Waals surface area contributed by atoms with Crippen molar-refractivity contribution in [3.63, 3.8) is 0 Å². The first-order valence-corrected chi connectivity index (χ1v) is 7.86. The molecule has 0 aromatic heterocycles. The highest BCUT2D eigenvalue weighted by atomic mass is 16.5. The molecule has 0 saturated heterocycles. The minimum Gasteiger partial charge on any atom is -0.478 e. The Labute approximate surface area is 142 Å².